The van der Waals surface area contributed by atoms with Crippen molar-refractivity contribution in [2.75, 3.05) is 5.32 Å². The topological polar surface area (TPSA) is 99.8 Å². The number of halogens is 6. The molecular weight excluding hydrogens is 449 g/mol. The van der Waals surface area contributed by atoms with Gasteiger partial charge in [0.25, 0.3) is 11.8 Å². The van der Waals surface area contributed by atoms with Crippen LogP contribution in [0.4, 0.5) is 27.8 Å². The zero-order valence-electron chi connectivity index (χ0n) is 15.1. The number of nitrogens with one attached hydrogen (secondary N) is 3. The molecule has 0 spiro atoms. The van der Waals surface area contributed by atoms with Crippen LogP contribution in [0.2, 0.25) is 5.02 Å². The Morgan fingerprint density at radius 3 is 2.42 bits per heavy atom. The maximum Gasteiger partial charge on any atom is 0.433 e. The van der Waals surface area contributed by atoms with Gasteiger partial charge < -0.3 is 10.6 Å². The van der Waals surface area contributed by atoms with Crippen LogP contribution in [-0.4, -0.2) is 27.0 Å². The highest BCUT2D eigenvalue weighted by atomic mass is 35.5. The Balaban J connectivity index is 1.61. The van der Waals surface area contributed by atoms with Gasteiger partial charge in [-0.3, -0.25) is 19.7 Å². The standard InChI is InChI=1S/C18H11ClF5N5O2/c19-10-4-12(21)11(20)3-9(10)16(30)27-15-5-13(28-29-15)17(31)26-7-8-1-2-14(25-6-8)18(22,23)24/h1-6H,7H2,(H,26,31)(H2,27,28,29,30). The number of benzene rings is 1. The van der Waals surface area contributed by atoms with Gasteiger partial charge >= 0.3 is 6.18 Å². The predicted octanol–water partition coefficient (Wildman–Crippen LogP) is 3.94. The Kier molecular flexibility index (Phi) is 6.20. The molecule has 0 unspecified atom stereocenters. The van der Waals surface area contributed by atoms with Crippen molar-refractivity contribution in [2.45, 2.75) is 12.7 Å². The van der Waals surface area contributed by atoms with Gasteiger partial charge in [-0.1, -0.05) is 17.7 Å². The molecule has 31 heavy (non-hydrogen) atoms. The molecule has 1 aromatic carbocycles. The minimum Gasteiger partial charge on any atom is -0.347 e. The molecule has 0 aliphatic carbocycles. The zero-order valence-corrected chi connectivity index (χ0v) is 15.9. The SMILES string of the molecule is O=C(NCc1ccc(C(F)(F)F)nc1)c1cc(NC(=O)c2cc(F)c(F)cc2Cl)n[nH]1. The van der Waals surface area contributed by atoms with Gasteiger partial charge in [0.05, 0.1) is 10.6 Å². The lowest BCUT2D eigenvalue weighted by molar-refractivity contribution is -0.141. The Morgan fingerprint density at radius 1 is 1.06 bits per heavy atom. The van der Waals surface area contributed by atoms with Crippen molar-refractivity contribution in [1.82, 2.24) is 20.5 Å². The van der Waals surface area contributed by atoms with Gasteiger partial charge in [0.2, 0.25) is 0 Å². The molecule has 13 heteroatoms. The normalized spacial score (nSPS) is 11.3. The lowest BCUT2D eigenvalue weighted by Gasteiger charge is -2.07. The number of carbonyl (C=O) groups excluding carboxylic acids is 2. The molecule has 3 aromatic rings. The van der Waals surface area contributed by atoms with Gasteiger partial charge in [-0.15, -0.1) is 0 Å². The number of hydrogen-bond acceptors (Lipinski definition) is 4. The van der Waals surface area contributed by atoms with Crippen molar-refractivity contribution in [3.05, 3.63) is 75.7 Å². The van der Waals surface area contributed by atoms with Gasteiger partial charge in [0.15, 0.2) is 17.5 Å². The number of anilines is 1. The summed E-state index contributed by atoms with van der Waals surface area (Å²) in [6, 6.07) is 4.37. The lowest BCUT2D eigenvalue weighted by Crippen LogP contribution is -2.23. The summed E-state index contributed by atoms with van der Waals surface area (Å²) >= 11 is 5.73. The van der Waals surface area contributed by atoms with E-state index >= 15 is 0 Å². The van der Waals surface area contributed by atoms with E-state index in [1.54, 1.807) is 0 Å². The summed E-state index contributed by atoms with van der Waals surface area (Å²) in [5, 5.41) is 10.4. The molecule has 2 heterocycles. The molecule has 0 saturated heterocycles. The minimum atomic E-state index is -4.57. The number of carbonyl (C=O) groups is 2. The molecule has 3 rings (SSSR count). The van der Waals surface area contributed by atoms with Crippen molar-refractivity contribution in [3.63, 3.8) is 0 Å². The van der Waals surface area contributed by atoms with E-state index in [1.807, 2.05) is 0 Å². The van der Waals surface area contributed by atoms with E-state index in [-0.39, 0.29) is 28.6 Å². The molecule has 0 atom stereocenters. The number of H-pyrrole nitrogens is 1. The summed E-state index contributed by atoms with van der Waals surface area (Å²) in [5.41, 5.74) is -1.16. The number of nitrogens with zero attached hydrogens (tertiary/aromatic N) is 2. The largest absolute Gasteiger partial charge is 0.433 e. The van der Waals surface area contributed by atoms with Crippen LogP contribution in [0.5, 0.6) is 0 Å². The van der Waals surface area contributed by atoms with Gasteiger partial charge in [-0.05, 0) is 23.8 Å². The third-order valence-electron chi connectivity index (χ3n) is 3.89. The van der Waals surface area contributed by atoms with Crippen LogP contribution < -0.4 is 10.6 Å². The van der Waals surface area contributed by atoms with E-state index in [9.17, 15) is 31.5 Å². The first-order valence-corrected chi connectivity index (χ1v) is 8.74. The fourth-order valence-corrected chi connectivity index (χ4v) is 2.59. The Bertz CT molecular complexity index is 1130. The molecule has 2 amide bonds. The van der Waals surface area contributed by atoms with E-state index in [2.05, 4.69) is 25.8 Å². The van der Waals surface area contributed by atoms with Crippen molar-refractivity contribution in [1.29, 1.82) is 0 Å². The third kappa shape index (κ3) is 5.34. The van der Waals surface area contributed by atoms with Crippen LogP contribution in [-0.2, 0) is 12.7 Å². The maximum absolute atomic E-state index is 13.3. The van der Waals surface area contributed by atoms with E-state index in [4.69, 9.17) is 11.6 Å². The monoisotopic (exact) mass is 459 g/mol. The predicted molar refractivity (Wildman–Crippen MR) is 98.3 cm³/mol. The molecule has 3 N–H and O–H groups in total. The Labute approximate surface area is 175 Å². The van der Waals surface area contributed by atoms with Crippen LogP contribution in [0.1, 0.15) is 32.1 Å². The number of aromatic amines is 1. The maximum atomic E-state index is 13.3. The van der Waals surface area contributed by atoms with Crippen LogP contribution in [0.15, 0.2) is 36.5 Å². The summed E-state index contributed by atoms with van der Waals surface area (Å²) in [4.78, 5) is 27.6. The van der Waals surface area contributed by atoms with Crippen molar-refractivity contribution in [3.8, 4) is 0 Å². The first-order valence-electron chi connectivity index (χ1n) is 8.36. The van der Waals surface area contributed by atoms with E-state index in [0.717, 1.165) is 18.3 Å². The molecule has 162 valence electrons. The average molecular weight is 460 g/mol. The van der Waals surface area contributed by atoms with E-state index in [0.29, 0.717) is 17.7 Å². The number of hydrogen-bond donors (Lipinski definition) is 3. The molecule has 0 saturated carbocycles. The van der Waals surface area contributed by atoms with Crippen LogP contribution in [0.3, 0.4) is 0 Å². The molecule has 2 aromatic heterocycles. The van der Waals surface area contributed by atoms with Crippen LogP contribution in [0, 0.1) is 11.6 Å². The number of alkyl halides is 3. The van der Waals surface area contributed by atoms with Gasteiger partial charge in [0.1, 0.15) is 11.4 Å². The summed E-state index contributed by atoms with van der Waals surface area (Å²) in [6.45, 7) is -0.116. The number of rotatable bonds is 5. The second kappa shape index (κ2) is 8.68. The van der Waals surface area contributed by atoms with Gasteiger partial charge in [0, 0.05) is 18.8 Å². The smallest absolute Gasteiger partial charge is 0.347 e. The molecule has 0 aliphatic rings. The van der Waals surface area contributed by atoms with Crippen molar-refractivity contribution >= 4 is 29.2 Å². The second-order valence-corrected chi connectivity index (χ2v) is 6.51. The molecule has 7 nitrogen and oxygen atoms in total. The third-order valence-corrected chi connectivity index (χ3v) is 4.20. The second-order valence-electron chi connectivity index (χ2n) is 6.10. The van der Waals surface area contributed by atoms with Crippen LogP contribution in [0.25, 0.3) is 0 Å². The molecule has 0 aliphatic heterocycles. The Morgan fingerprint density at radius 2 is 1.77 bits per heavy atom. The number of amides is 2. The molecule has 0 fully saturated rings. The highest BCUT2D eigenvalue weighted by Crippen LogP contribution is 2.27. The fourth-order valence-electron chi connectivity index (χ4n) is 2.36. The highest BCUT2D eigenvalue weighted by Gasteiger charge is 2.32. The Hall–Kier alpha value is -3.54. The quantitative estimate of drug-likeness (QED) is 0.397. The highest BCUT2D eigenvalue weighted by molar-refractivity contribution is 6.34. The minimum absolute atomic E-state index is 0.0773. The van der Waals surface area contributed by atoms with Gasteiger partial charge in [-0.2, -0.15) is 18.3 Å². The fraction of sp³-hybridized carbons (Fsp3) is 0.111. The van der Waals surface area contributed by atoms with Crippen molar-refractivity contribution < 1.29 is 31.5 Å². The zero-order chi connectivity index (χ0) is 22.8. The summed E-state index contributed by atoms with van der Waals surface area (Å²) < 4.78 is 63.9. The lowest BCUT2D eigenvalue weighted by atomic mass is 10.2. The number of aromatic nitrogens is 3. The van der Waals surface area contributed by atoms with E-state index in [1.165, 1.54) is 6.07 Å². The average Bonchev–Trinajstić information content (AvgIpc) is 3.17. The first-order chi connectivity index (χ1) is 14.5. The van der Waals surface area contributed by atoms with Gasteiger partial charge in [-0.25, -0.2) is 8.78 Å². The van der Waals surface area contributed by atoms with E-state index < -0.39 is 35.3 Å². The molecule has 0 bridgehead atoms. The van der Waals surface area contributed by atoms with Crippen LogP contribution >= 0.6 is 11.6 Å². The summed E-state index contributed by atoms with van der Waals surface area (Å²) in [6.07, 6.45) is -3.59. The summed E-state index contributed by atoms with van der Waals surface area (Å²) in [5.74, 6) is -4.15. The molecular formula is C18H11ClF5N5O2. The first kappa shape index (κ1) is 22.2. The summed E-state index contributed by atoms with van der Waals surface area (Å²) in [7, 11) is 0. The number of pyridine rings is 1. The molecule has 0 radical (unpaired) electrons. The van der Waals surface area contributed by atoms with Crippen molar-refractivity contribution in [2.24, 2.45) is 0 Å².